The van der Waals surface area contributed by atoms with Crippen LogP contribution in [0.1, 0.15) is 29.6 Å². The molecule has 1 saturated heterocycles. The molecule has 1 atom stereocenters. The molecule has 5 nitrogen and oxygen atoms in total. The van der Waals surface area contributed by atoms with Gasteiger partial charge in [-0.05, 0) is 63.3 Å². The van der Waals surface area contributed by atoms with E-state index in [1.807, 2.05) is 12.1 Å². The molecule has 2 heterocycles. The van der Waals surface area contributed by atoms with E-state index in [-0.39, 0.29) is 12.0 Å². The quantitative estimate of drug-likeness (QED) is 0.615. The monoisotopic (exact) mass is 458 g/mol. The van der Waals surface area contributed by atoms with Crippen LogP contribution in [0.25, 0.3) is 10.9 Å². The number of rotatable bonds is 7. The van der Waals surface area contributed by atoms with E-state index in [0.29, 0.717) is 25.3 Å². The first-order valence-electron chi connectivity index (χ1n) is 8.09. The number of aromatic amines is 1. The number of benzene rings is 1. The Kier molecular flexibility index (Phi) is 6.32. The van der Waals surface area contributed by atoms with Crippen LogP contribution in [-0.4, -0.2) is 43.4 Å². The van der Waals surface area contributed by atoms with Crippen molar-refractivity contribution >= 4 is 48.7 Å². The van der Waals surface area contributed by atoms with Gasteiger partial charge in [0.25, 0.3) is 5.91 Å². The van der Waals surface area contributed by atoms with Crippen molar-refractivity contribution in [3.05, 3.63) is 32.8 Å². The first kappa shape index (κ1) is 17.9. The zero-order valence-electron chi connectivity index (χ0n) is 13.2. The highest BCUT2D eigenvalue weighted by Gasteiger charge is 2.15. The predicted octanol–water partition coefficient (Wildman–Crippen LogP) is 4.01. The molecule has 24 heavy (non-hydrogen) atoms. The van der Waals surface area contributed by atoms with Crippen LogP contribution in [0.15, 0.2) is 27.3 Å². The van der Waals surface area contributed by atoms with Gasteiger partial charge in [0.15, 0.2) is 0 Å². The van der Waals surface area contributed by atoms with Crippen molar-refractivity contribution in [1.82, 2.24) is 10.3 Å². The summed E-state index contributed by atoms with van der Waals surface area (Å²) in [6, 6.07) is 3.89. The number of fused-ring (bicyclic) bond motifs is 1. The maximum absolute atomic E-state index is 12.3. The van der Waals surface area contributed by atoms with Crippen molar-refractivity contribution in [3.8, 4) is 0 Å². The second kappa shape index (κ2) is 8.47. The van der Waals surface area contributed by atoms with Gasteiger partial charge in [-0.15, -0.1) is 0 Å². The van der Waals surface area contributed by atoms with Crippen molar-refractivity contribution in [2.24, 2.45) is 0 Å². The minimum Gasteiger partial charge on any atom is -0.379 e. The number of carbonyl (C=O) groups is 1. The summed E-state index contributed by atoms with van der Waals surface area (Å²) in [5.41, 5.74) is 1.58. The molecule has 1 aliphatic heterocycles. The van der Waals surface area contributed by atoms with Crippen LogP contribution in [0, 0.1) is 0 Å². The average molecular weight is 460 g/mol. The maximum Gasteiger partial charge on any atom is 0.253 e. The van der Waals surface area contributed by atoms with Gasteiger partial charge in [0.1, 0.15) is 0 Å². The molecule has 0 saturated carbocycles. The maximum atomic E-state index is 12.3. The van der Waals surface area contributed by atoms with E-state index in [1.165, 1.54) is 0 Å². The first-order chi connectivity index (χ1) is 11.6. The molecular formula is C17H20Br2N2O3. The highest BCUT2D eigenvalue weighted by atomic mass is 79.9. The summed E-state index contributed by atoms with van der Waals surface area (Å²) in [5, 5.41) is 3.84. The van der Waals surface area contributed by atoms with Crippen molar-refractivity contribution in [3.63, 3.8) is 0 Å². The largest absolute Gasteiger partial charge is 0.379 e. The van der Waals surface area contributed by atoms with Crippen molar-refractivity contribution < 1.29 is 14.3 Å². The summed E-state index contributed by atoms with van der Waals surface area (Å²) < 4.78 is 13.0. The van der Waals surface area contributed by atoms with Gasteiger partial charge in [-0.1, -0.05) is 0 Å². The van der Waals surface area contributed by atoms with E-state index in [4.69, 9.17) is 9.47 Å². The van der Waals surface area contributed by atoms with E-state index in [1.54, 1.807) is 6.20 Å². The van der Waals surface area contributed by atoms with Gasteiger partial charge in [0.2, 0.25) is 0 Å². The summed E-state index contributed by atoms with van der Waals surface area (Å²) in [4.78, 5) is 15.5. The second-order valence-corrected chi connectivity index (χ2v) is 7.54. The lowest BCUT2D eigenvalue weighted by Crippen LogP contribution is -2.25. The van der Waals surface area contributed by atoms with Gasteiger partial charge in [-0.2, -0.15) is 0 Å². The van der Waals surface area contributed by atoms with Crippen LogP contribution in [-0.2, 0) is 9.47 Å². The molecule has 1 aromatic heterocycles. The first-order valence-corrected chi connectivity index (χ1v) is 9.67. The van der Waals surface area contributed by atoms with Crippen LogP contribution in [0.2, 0.25) is 0 Å². The molecule has 1 aromatic carbocycles. The zero-order chi connectivity index (χ0) is 16.9. The third kappa shape index (κ3) is 4.39. The lowest BCUT2D eigenvalue weighted by molar-refractivity contribution is 0.0166. The molecule has 0 aliphatic carbocycles. The third-order valence-electron chi connectivity index (χ3n) is 4.05. The Morgan fingerprint density at radius 3 is 3.00 bits per heavy atom. The fraction of sp³-hybridized carbons (Fsp3) is 0.471. The molecule has 7 heteroatoms. The molecule has 1 amide bonds. The zero-order valence-corrected chi connectivity index (χ0v) is 16.4. The third-order valence-corrected chi connectivity index (χ3v) is 5.89. The summed E-state index contributed by atoms with van der Waals surface area (Å²) >= 11 is 6.94. The van der Waals surface area contributed by atoms with Crippen molar-refractivity contribution in [2.45, 2.75) is 25.4 Å². The predicted molar refractivity (Wildman–Crippen MR) is 100 cm³/mol. The van der Waals surface area contributed by atoms with Crippen LogP contribution in [0.3, 0.4) is 0 Å². The van der Waals surface area contributed by atoms with E-state index in [9.17, 15) is 4.79 Å². The number of aromatic nitrogens is 1. The fourth-order valence-electron chi connectivity index (χ4n) is 2.77. The standard InChI is InChI=1S/C17H20Br2N2O3/c18-14-7-12-13(9-21-16(12)8-15(14)19)17(22)20-4-2-5-23-10-11-3-1-6-24-11/h7-9,11,21H,1-6,10H2,(H,20,22). The van der Waals surface area contributed by atoms with Gasteiger partial charge in [0, 0.05) is 45.8 Å². The Labute approximate surface area is 157 Å². The normalized spacial score (nSPS) is 17.5. The van der Waals surface area contributed by atoms with Crippen molar-refractivity contribution in [1.29, 1.82) is 0 Å². The number of ether oxygens (including phenoxy) is 2. The molecular weight excluding hydrogens is 440 g/mol. The Hall–Kier alpha value is -0.890. The molecule has 0 bridgehead atoms. The van der Waals surface area contributed by atoms with E-state index in [0.717, 1.165) is 45.7 Å². The Balaban J connectivity index is 1.44. The van der Waals surface area contributed by atoms with Gasteiger partial charge in [-0.3, -0.25) is 4.79 Å². The highest BCUT2D eigenvalue weighted by molar-refractivity contribution is 9.13. The Bertz CT molecular complexity index is 711. The number of halogens is 2. The van der Waals surface area contributed by atoms with Crippen molar-refractivity contribution in [2.75, 3.05) is 26.4 Å². The second-order valence-electron chi connectivity index (χ2n) is 5.83. The van der Waals surface area contributed by atoms with Gasteiger partial charge < -0.3 is 19.8 Å². The molecule has 2 N–H and O–H groups in total. The van der Waals surface area contributed by atoms with E-state index >= 15 is 0 Å². The molecule has 2 aromatic rings. The Morgan fingerprint density at radius 2 is 2.21 bits per heavy atom. The SMILES string of the molecule is O=C(NCCCOCC1CCCO1)c1c[nH]c2cc(Br)c(Br)cc12. The fourth-order valence-corrected chi connectivity index (χ4v) is 3.45. The molecule has 1 unspecified atom stereocenters. The number of hydrogen-bond donors (Lipinski definition) is 2. The molecule has 1 fully saturated rings. The lowest BCUT2D eigenvalue weighted by Gasteiger charge is -2.10. The van der Waals surface area contributed by atoms with Crippen LogP contribution in [0.5, 0.6) is 0 Å². The number of amides is 1. The summed E-state index contributed by atoms with van der Waals surface area (Å²) in [6.07, 6.45) is 5.00. The molecule has 130 valence electrons. The number of carbonyl (C=O) groups excluding carboxylic acids is 1. The van der Waals surface area contributed by atoms with Crippen LogP contribution in [0.4, 0.5) is 0 Å². The number of H-pyrrole nitrogens is 1. The minimum atomic E-state index is -0.0744. The lowest BCUT2D eigenvalue weighted by atomic mass is 10.1. The number of hydrogen-bond acceptors (Lipinski definition) is 3. The summed E-state index contributed by atoms with van der Waals surface area (Å²) in [6.45, 7) is 2.72. The molecule has 1 aliphatic rings. The minimum absolute atomic E-state index is 0.0744. The average Bonchev–Trinajstić information content (AvgIpc) is 3.21. The van der Waals surface area contributed by atoms with Gasteiger partial charge in [-0.25, -0.2) is 0 Å². The van der Waals surface area contributed by atoms with E-state index in [2.05, 4.69) is 42.2 Å². The van der Waals surface area contributed by atoms with E-state index < -0.39 is 0 Å². The molecule has 3 rings (SSSR count). The highest BCUT2D eigenvalue weighted by Crippen LogP contribution is 2.30. The smallest absolute Gasteiger partial charge is 0.253 e. The van der Waals surface area contributed by atoms with Crippen LogP contribution >= 0.6 is 31.9 Å². The molecule has 0 radical (unpaired) electrons. The van der Waals surface area contributed by atoms with Crippen LogP contribution < -0.4 is 5.32 Å². The molecule has 0 spiro atoms. The number of nitrogens with one attached hydrogen (secondary N) is 2. The topological polar surface area (TPSA) is 63.4 Å². The summed E-state index contributed by atoms with van der Waals surface area (Å²) in [7, 11) is 0. The van der Waals surface area contributed by atoms with Gasteiger partial charge >= 0.3 is 0 Å². The van der Waals surface area contributed by atoms with Gasteiger partial charge in [0.05, 0.1) is 18.3 Å². The Morgan fingerprint density at radius 1 is 1.38 bits per heavy atom. The summed E-state index contributed by atoms with van der Waals surface area (Å²) in [5.74, 6) is -0.0744.